The zero-order valence-corrected chi connectivity index (χ0v) is 13.9. The van der Waals surface area contributed by atoms with Gasteiger partial charge >= 0.3 is 0 Å². The summed E-state index contributed by atoms with van der Waals surface area (Å²) in [6.07, 6.45) is 0.975. The van der Waals surface area contributed by atoms with Crippen molar-refractivity contribution in [1.82, 2.24) is 10.2 Å². The Bertz CT molecular complexity index is 590. The Morgan fingerprint density at radius 2 is 2.26 bits per heavy atom. The molecular weight excluding hydrogens is 296 g/mol. The molecule has 1 N–H and O–H groups in total. The van der Waals surface area contributed by atoms with E-state index in [1.165, 1.54) is 0 Å². The number of likely N-dealkylation sites (tertiary alicyclic amines) is 1. The Labute approximate surface area is 136 Å². The zero-order valence-electron chi connectivity index (χ0n) is 13.9. The summed E-state index contributed by atoms with van der Waals surface area (Å²) in [5.74, 6) is 2.72. The normalized spacial score (nSPS) is 23.0. The maximum Gasteiger partial charge on any atom is 0.231 e. The van der Waals surface area contributed by atoms with Crippen molar-refractivity contribution in [3.63, 3.8) is 0 Å². The van der Waals surface area contributed by atoms with Gasteiger partial charge in [0.15, 0.2) is 11.5 Å². The van der Waals surface area contributed by atoms with Crippen molar-refractivity contribution in [2.45, 2.75) is 32.9 Å². The fraction of sp³-hybridized carbons (Fsp3) is 0.588. The third-order valence-electron chi connectivity index (χ3n) is 4.64. The van der Waals surface area contributed by atoms with Crippen molar-refractivity contribution < 1.29 is 19.0 Å². The standard InChI is InChI=1S/C17H24N2O4/c1-11-9-19(12(2)20)5-4-14(11)18-8-13-6-15(21-3)17-16(7-13)22-10-23-17/h6-7,11,14,18H,4-5,8-10H2,1-3H3/t11-,14-/m1/s1. The van der Waals surface area contributed by atoms with Gasteiger partial charge in [0.05, 0.1) is 7.11 Å². The molecule has 0 saturated carbocycles. The predicted molar refractivity (Wildman–Crippen MR) is 85.8 cm³/mol. The molecule has 0 unspecified atom stereocenters. The highest BCUT2D eigenvalue weighted by atomic mass is 16.7. The first-order valence-electron chi connectivity index (χ1n) is 8.04. The van der Waals surface area contributed by atoms with Crippen LogP contribution in [0.1, 0.15) is 25.8 Å². The van der Waals surface area contributed by atoms with E-state index in [9.17, 15) is 4.79 Å². The summed E-state index contributed by atoms with van der Waals surface area (Å²) in [6.45, 7) is 6.44. The van der Waals surface area contributed by atoms with E-state index < -0.39 is 0 Å². The van der Waals surface area contributed by atoms with Gasteiger partial charge in [-0.3, -0.25) is 4.79 Å². The Hall–Kier alpha value is -1.95. The number of nitrogens with zero attached hydrogens (tertiary/aromatic N) is 1. The summed E-state index contributed by atoms with van der Waals surface area (Å²) in [5.41, 5.74) is 1.10. The Morgan fingerprint density at radius 1 is 1.43 bits per heavy atom. The lowest BCUT2D eigenvalue weighted by molar-refractivity contribution is -0.130. The Balaban J connectivity index is 1.62. The smallest absolute Gasteiger partial charge is 0.231 e. The average molecular weight is 320 g/mol. The second-order valence-corrected chi connectivity index (χ2v) is 6.25. The van der Waals surface area contributed by atoms with Crippen molar-refractivity contribution in [1.29, 1.82) is 0 Å². The number of ether oxygens (including phenoxy) is 3. The van der Waals surface area contributed by atoms with Gasteiger partial charge in [-0.15, -0.1) is 0 Å². The molecule has 0 aromatic heterocycles. The van der Waals surface area contributed by atoms with Gasteiger partial charge < -0.3 is 24.4 Å². The van der Waals surface area contributed by atoms with Crippen LogP contribution in [0, 0.1) is 5.92 Å². The molecule has 2 atom stereocenters. The maximum absolute atomic E-state index is 11.5. The van der Waals surface area contributed by atoms with Crippen LogP contribution < -0.4 is 19.5 Å². The first-order valence-corrected chi connectivity index (χ1v) is 8.04. The molecule has 0 spiro atoms. The number of benzene rings is 1. The number of hydrogen-bond donors (Lipinski definition) is 1. The van der Waals surface area contributed by atoms with Crippen LogP contribution in [0.5, 0.6) is 17.2 Å². The van der Waals surface area contributed by atoms with Crippen LogP contribution in [0.15, 0.2) is 12.1 Å². The highest BCUT2D eigenvalue weighted by Crippen LogP contribution is 2.41. The number of methoxy groups -OCH3 is 1. The van der Waals surface area contributed by atoms with Crippen molar-refractivity contribution in [3.05, 3.63) is 17.7 Å². The van der Waals surface area contributed by atoms with E-state index in [1.54, 1.807) is 14.0 Å². The minimum absolute atomic E-state index is 0.163. The fourth-order valence-corrected chi connectivity index (χ4v) is 3.27. The number of carbonyl (C=O) groups is 1. The van der Waals surface area contributed by atoms with Gasteiger partial charge in [0.2, 0.25) is 18.4 Å². The van der Waals surface area contributed by atoms with E-state index in [1.807, 2.05) is 17.0 Å². The van der Waals surface area contributed by atoms with Crippen molar-refractivity contribution in [2.75, 3.05) is 27.0 Å². The molecule has 0 bridgehead atoms. The lowest BCUT2D eigenvalue weighted by Crippen LogP contribution is -2.49. The minimum Gasteiger partial charge on any atom is -0.493 e. The lowest BCUT2D eigenvalue weighted by Gasteiger charge is -2.37. The van der Waals surface area contributed by atoms with Crippen molar-refractivity contribution >= 4 is 5.91 Å². The summed E-state index contributed by atoms with van der Waals surface area (Å²) in [7, 11) is 1.63. The van der Waals surface area contributed by atoms with Gasteiger partial charge in [-0.1, -0.05) is 6.92 Å². The molecule has 126 valence electrons. The molecule has 0 aliphatic carbocycles. The molecule has 23 heavy (non-hydrogen) atoms. The average Bonchev–Trinajstić information content (AvgIpc) is 3.01. The minimum atomic E-state index is 0.163. The molecular formula is C17H24N2O4. The molecule has 1 fully saturated rings. The van der Waals surface area contributed by atoms with Crippen LogP contribution in [0.3, 0.4) is 0 Å². The van der Waals surface area contributed by atoms with Gasteiger partial charge in [-0.05, 0) is 30.0 Å². The number of hydrogen-bond acceptors (Lipinski definition) is 5. The van der Waals surface area contributed by atoms with E-state index in [4.69, 9.17) is 14.2 Å². The van der Waals surface area contributed by atoms with Crippen LogP contribution in [0.2, 0.25) is 0 Å². The van der Waals surface area contributed by atoms with E-state index in [0.717, 1.165) is 37.4 Å². The highest BCUT2D eigenvalue weighted by Gasteiger charge is 2.27. The van der Waals surface area contributed by atoms with Gasteiger partial charge in [0.25, 0.3) is 0 Å². The van der Waals surface area contributed by atoms with E-state index in [0.29, 0.717) is 23.5 Å². The monoisotopic (exact) mass is 320 g/mol. The molecule has 1 amide bonds. The Morgan fingerprint density at radius 3 is 2.96 bits per heavy atom. The molecule has 0 radical (unpaired) electrons. The SMILES string of the molecule is COc1cc(CN[C@@H]2CCN(C(C)=O)C[C@H]2C)cc2c1OCO2. The number of piperidine rings is 1. The molecule has 1 aromatic rings. The molecule has 1 aromatic carbocycles. The molecule has 3 rings (SSSR count). The third-order valence-corrected chi connectivity index (χ3v) is 4.64. The highest BCUT2D eigenvalue weighted by molar-refractivity contribution is 5.73. The second kappa shape index (κ2) is 6.66. The quantitative estimate of drug-likeness (QED) is 0.916. The molecule has 2 aliphatic rings. The number of rotatable bonds is 4. The van der Waals surface area contributed by atoms with Crippen LogP contribution in [0.4, 0.5) is 0 Å². The van der Waals surface area contributed by atoms with E-state index in [-0.39, 0.29) is 12.7 Å². The summed E-state index contributed by atoms with van der Waals surface area (Å²) >= 11 is 0. The van der Waals surface area contributed by atoms with E-state index >= 15 is 0 Å². The van der Waals surface area contributed by atoms with Gasteiger partial charge in [-0.2, -0.15) is 0 Å². The van der Waals surface area contributed by atoms with Gasteiger partial charge in [0, 0.05) is 32.6 Å². The molecule has 6 heteroatoms. The lowest BCUT2D eigenvalue weighted by atomic mass is 9.93. The zero-order chi connectivity index (χ0) is 16.4. The fourth-order valence-electron chi connectivity index (χ4n) is 3.27. The van der Waals surface area contributed by atoms with E-state index in [2.05, 4.69) is 12.2 Å². The molecule has 2 aliphatic heterocycles. The summed E-state index contributed by atoms with van der Waals surface area (Å²) in [5, 5.41) is 3.60. The van der Waals surface area contributed by atoms with Crippen molar-refractivity contribution in [3.8, 4) is 17.2 Å². The van der Waals surface area contributed by atoms with Crippen molar-refractivity contribution in [2.24, 2.45) is 5.92 Å². The van der Waals surface area contributed by atoms with Crippen LogP contribution in [-0.4, -0.2) is 43.8 Å². The topological polar surface area (TPSA) is 60.0 Å². The van der Waals surface area contributed by atoms with Crippen LogP contribution >= 0.6 is 0 Å². The van der Waals surface area contributed by atoms with Gasteiger partial charge in [0.1, 0.15) is 0 Å². The number of fused-ring (bicyclic) bond motifs is 1. The first-order chi connectivity index (χ1) is 11.1. The van der Waals surface area contributed by atoms with Crippen LogP contribution in [0.25, 0.3) is 0 Å². The van der Waals surface area contributed by atoms with Gasteiger partial charge in [-0.25, -0.2) is 0 Å². The largest absolute Gasteiger partial charge is 0.493 e. The number of carbonyl (C=O) groups excluding carboxylic acids is 1. The number of nitrogens with one attached hydrogen (secondary N) is 1. The summed E-state index contributed by atoms with van der Waals surface area (Å²) < 4.78 is 16.3. The summed E-state index contributed by atoms with van der Waals surface area (Å²) in [6, 6.07) is 4.38. The predicted octanol–water partition coefficient (Wildman–Crippen LogP) is 1.77. The first kappa shape index (κ1) is 15.9. The molecule has 2 heterocycles. The molecule has 6 nitrogen and oxygen atoms in total. The number of amides is 1. The maximum atomic E-state index is 11.5. The Kier molecular flexibility index (Phi) is 4.61. The third kappa shape index (κ3) is 3.37. The second-order valence-electron chi connectivity index (χ2n) is 6.25. The summed E-state index contributed by atoms with van der Waals surface area (Å²) in [4.78, 5) is 13.4. The van der Waals surface area contributed by atoms with Crippen LogP contribution in [-0.2, 0) is 11.3 Å². The molecule has 1 saturated heterocycles.